The van der Waals surface area contributed by atoms with Gasteiger partial charge in [-0.1, -0.05) is 0 Å². The summed E-state index contributed by atoms with van der Waals surface area (Å²) < 4.78 is 1.79. The lowest BCUT2D eigenvalue weighted by molar-refractivity contribution is 0.729. The first kappa shape index (κ1) is 9.36. The van der Waals surface area contributed by atoms with E-state index in [1.165, 1.54) is 6.33 Å². The molecule has 76 valence electrons. The van der Waals surface area contributed by atoms with Crippen molar-refractivity contribution in [1.82, 2.24) is 19.5 Å². The smallest absolute Gasteiger partial charge is 0.171 e. The lowest BCUT2D eigenvalue weighted by Gasteiger charge is -2.00. The number of hydrazine groups is 1. The first-order valence-corrected chi connectivity index (χ1v) is 4.36. The van der Waals surface area contributed by atoms with Gasteiger partial charge in [0, 0.05) is 6.54 Å². The Morgan fingerprint density at radius 2 is 2.33 bits per heavy atom. The van der Waals surface area contributed by atoms with E-state index >= 15 is 0 Å². The molecular formula is C8H9N7. The summed E-state index contributed by atoms with van der Waals surface area (Å²) in [6.07, 6.45) is 3.44. The average molecular weight is 203 g/mol. The summed E-state index contributed by atoms with van der Waals surface area (Å²) in [6, 6.07) is 2.07. The third-order valence-electron chi connectivity index (χ3n) is 2.00. The van der Waals surface area contributed by atoms with Crippen molar-refractivity contribution in [3.05, 3.63) is 12.7 Å². The minimum absolute atomic E-state index is 0.418. The van der Waals surface area contributed by atoms with Crippen LogP contribution in [0, 0.1) is 11.3 Å². The van der Waals surface area contributed by atoms with Gasteiger partial charge >= 0.3 is 0 Å². The Hall–Kier alpha value is -2.20. The van der Waals surface area contributed by atoms with E-state index in [0.717, 1.165) is 0 Å². The van der Waals surface area contributed by atoms with Crippen LogP contribution in [0.25, 0.3) is 11.2 Å². The second kappa shape index (κ2) is 3.89. The molecule has 0 aliphatic heterocycles. The largest absolute Gasteiger partial charge is 0.314 e. The van der Waals surface area contributed by atoms with Gasteiger partial charge in [-0.2, -0.15) is 5.26 Å². The molecule has 0 aliphatic rings. The quantitative estimate of drug-likeness (QED) is 0.538. The first-order chi connectivity index (χ1) is 7.36. The van der Waals surface area contributed by atoms with Gasteiger partial charge < -0.3 is 9.99 Å². The molecule has 0 atom stereocenters. The zero-order valence-corrected chi connectivity index (χ0v) is 7.88. The molecule has 0 saturated carbocycles. The van der Waals surface area contributed by atoms with Crippen LogP contribution in [0.2, 0.25) is 0 Å². The Bertz CT molecular complexity index is 509. The molecule has 0 saturated heterocycles. The molecule has 7 nitrogen and oxygen atoms in total. The summed E-state index contributed by atoms with van der Waals surface area (Å²) >= 11 is 0. The van der Waals surface area contributed by atoms with Gasteiger partial charge in [-0.05, 0) is 0 Å². The molecule has 0 aliphatic carbocycles. The molecule has 2 aromatic rings. The third-order valence-corrected chi connectivity index (χ3v) is 2.00. The number of nitriles is 1. The van der Waals surface area contributed by atoms with E-state index in [9.17, 15) is 0 Å². The lowest BCUT2D eigenvalue weighted by atomic mass is 10.4. The monoisotopic (exact) mass is 203 g/mol. The molecule has 0 unspecified atom stereocenters. The van der Waals surface area contributed by atoms with E-state index in [-0.39, 0.29) is 0 Å². The number of aryl methyl sites for hydroxylation is 1. The SMILES string of the molecule is N#CCCn1cnc2c(NN)ncnc21. The molecule has 3 N–H and O–H groups in total. The van der Waals surface area contributed by atoms with E-state index in [4.69, 9.17) is 11.1 Å². The fraction of sp³-hybridized carbons (Fsp3) is 0.250. The van der Waals surface area contributed by atoms with Crippen molar-refractivity contribution >= 4 is 17.0 Å². The highest BCUT2D eigenvalue weighted by Gasteiger charge is 2.08. The summed E-state index contributed by atoms with van der Waals surface area (Å²) in [5, 5.41) is 8.49. The Labute approximate surface area is 85.5 Å². The van der Waals surface area contributed by atoms with Crippen LogP contribution in [0.4, 0.5) is 5.82 Å². The van der Waals surface area contributed by atoms with Crippen molar-refractivity contribution in [2.24, 2.45) is 5.84 Å². The Morgan fingerprint density at radius 3 is 3.07 bits per heavy atom. The van der Waals surface area contributed by atoms with Crippen molar-refractivity contribution in [2.75, 3.05) is 5.43 Å². The second-order valence-corrected chi connectivity index (χ2v) is 2.88. The molecule has 15 heavy (non-hydrogen) atoms. The number of imidazole rings is 1. The van der Waals surface area contributed by atoms with E-state index in [0.29, 0.717) is 29.9 Å². The molecule has 0 bridgehead atoms. The van der Waals surface area contributed by atoms with Crippen LogP contribution in [0.1, 0.15) is 6.42 Å². The number of nitrogen functional groups attached to an aromatic ring is 1. The van der Waals surface area contributed by atoms with Gasteiger partial charge in [-0.15, -0.1) is 0 Å². The molecule has 2 rings (SSSR count). The zero-order valence-electron chi connectivity index (χ0n) is 7.88. The summed E-state index contributed by atoms with van der Waals surface area (Å²) in [4.78, 5) is 12.1. The summed E-state index contributed by atoms with van der Waals surface area (Å²) in [5.74, 6) is 5.77. The van der Waals surface area contributed by atoms with Crippen LogP contribution in [-0.4, -0.2) is 19.5 Å². The van der Waals surface area contributed by atoms with Crippen LogP contribution in [0.15, 0.2) is 12.7 Å². The molecule has 0 fully saturated rings. The molecule has 2 aromatic heterocycles. The lowest BCUT2D eigenvalue weighted by Crippen LogP contribution is -2.09. The summed E-state index contributed by atoms with van der Waals surface area (Å²) in [7, 11) is 0. The van der Waals surface area contributed by atoms with Crippen LogP contribution in [0.3, 0.4) is 0 Å². The minimum atomic E-state index is 0.418. The minimum Gasteiger partial charge on any atom is -0.314 e. The zero-order chi connectivity index (χ0) is 10.7. The average Bonchev–Trinajstić information content (AvgIpc) is 2.69. The van der Waals surface area contributed by atoms with Crippen molar-refractivity contribution in [2.45, 2.75) is 13.0 Å². The van der Waals surface area contributed by atoms with Crippen molar-refractivity contribution < 1.29 is 0 Å². The highest BCUT2D eigenvalue weighted by Crippen LogP contribution is 2.15. The van der Waals surface area contributed by atoms with Gasteiger partial charge in [0.2, 0.25) is 0 Å². The Balaban J connectivity index is 2.47. The molecule has 2 heterocycles. The molecule has 0 aromatic carbocycles. The Morgan fingerprint density at radius 1 is 1.47 bits per heavy atom. The number of nitrogens with zero attached hydrogens (tertiary/aromatic N) is 5. The highest BCUT2D eigenvalue weighted by atomic mass is 15.3. The molecule has 7 heteroatoms. The topological polar surface area (TPSA) is 105 Å². The number of hydrogen-bond acceptors (Lipinski definition) is 6. The van der Waals surface area contributed by atoms with Gasteiger partial charge in [0.25, 0.3) is 0 Å². The number of anilines is 1. The summed E-state index contributed by atoms with van der Waals surface area (Å²) in [5.41, 5.74) is 3.73. The predicted octanol–water partition coefficient (Wildman–Crippen LogP) is 0.0256. The van der Waals surface area contributed by atoms with E-state index in [1.807, 2.05) is 0 Å². The van der Waals surface area contributed by atoms with Gasteiger partial charge in [0.05, 0.1) is 18.8 Å². The van der Waals surface area contributed by atoms with Crippen molar-refractivity contribution in [3.63, 3.8) is 0 Å². The third kappa shape index (κ3) is 1.58. The molecule has 0 radical (unpaired) electrons. The van der Waals surface area contributed by atoms with Crippen LogP contribution in [-0.2, 0) is 6.54 Å². The van der Waals surface area contributed by atoms with Gasteiger partial charge in [0.15, 0.2) is 17.0 Å². The van der Waals surface area contributed by atoms with Gasteiger partial charge in [0.1, 0.15) is 6.33 Å². The molecule has 0 spiro atoms. The van der Waals surface area contributed by atoms with Crippen LogP contribution >= 0.6 is 0 Å². The van der Waals surface area contributed by atoms with Crippen molar-refractivity contribution in [1.29, 1.82) is 5.26 Å². The maximum atomic E-state index is 8.49. The molecular weight excluding hydrogens is 194 g/mol. The number of nitrogens with two attached hydrogens (primary N) is 1. The standard InChI is InChI=1S/C8H9N7/c9-2-1-3-15-5-13-6-7(14-10)11-4-12-8(6)15/h4-5H,1,3,10H2,(H,11,12,14). The maximum Gasteiger partial charge on any atom is 0.171 e. The highest BCUT2D eigenvalue weighted by molar-refractivity contribution is 5.82. The number of aromatic nitrogens is 4. The van der Waals surface area contributed by atoms with Gasteiger partial charge in [-0.25, -0.2) is 20.8 Å². The normalized spacial score (nSPS) is 10.1. The number of nitrogens with one attached hydrogen (secondary N) is 1. The van der Waals surface area contributed by atoms with Crippen LogP contribution in [0.5, 0.6) is 0 Å². The van der Waals surface area contributed by atoms with E-state index < -0.39 is 0 Å². The summed E-state index contributed by atoms with van der Waals surface area (Å²) in [6.45, 7) is 0.564. The van der Waals surface area contributed by atoms with Crippen LogP contribution < -0.4 is 11.3 Å². The van der Waals surface area contributed by atoms with E-state index in [2.05, 4.69) is 26.4 Å². The van der Waals surface area contributed by atoms with Gasteiger partial charge in [-0.3, -0.25) is 0 Å². The Kier molecular flexibility index (Phi) is 2.43. The second-order valence-electron chi connectivity index (χ2n) is 2.88. The first-order valence-electron chi connectivity index (χ1n) is 4.36. The number of hydrogen-bond donors (Lipinski definition) is 2. The molecule has 0 amide bonds. The fourth-order valence-corrected chi connectivity index (χ4v) is 1.32. The number of fused-ring (bicyclic) bond motifs is 1. The van der Waals surface area contributed by atoms with E-state index in [1.54, 1.807) is 10.9 Å². The maximum absolute atomic E-state index is 8.49. The predicted molar refractivity (Wildman–Crippen MR) is 53.4 cm³/mol. The number of rotatable bonds is 3. The van der Waals surface area contributed by atoms with Crippen molar-refractivity contribution in [3.8, 4) is 6.07 Å². The fourth-order valence-electron chi connectivity index (χ4n) is 1.32.